The van der Waals surface area contributed by atoms with Gasteiger partial charge in [-0.15, -0.1) is 0 Å². The van der Waals surface area contributed by atoms with Crippen molar-refractivity contribution in [1.29, 1.82) is 0 Å². The van der Waals surface area contributed by atoms with Gasteiger partial charge in [0.25, 0.3) is 0 Å². The Balaban J connectivity index is 1.79. The maximum absolute atomic E-state index is 12.9. The Morgan fingerprint density at radius 2 is 1.81 bits per heavy atom. The highest BCUT2D eigenvalue weighted by Crippen LogP contribution is 2.40. The summed E-state index contributed by atoms with van der Waals surface area (Å²) in [6.07, 6.45) is -0.318. The molecule has 0 aromatic heterocycles. The van der Waals surface area contributed by atoms with Crippen molar-refractivity contribution < 1.29 is 13.2 Å². The lowest BCUT2D eigenvalue weighted by atomic mass is 9.89. The molecule has 1 aromatic carbocycles. The van der Waals surface area contributed by atoms with E-state index in [4.69, 9.17) is 0 Å². The molecule has 1 aromatic rings. The normalized spacial score (nSPS) is 26.3. The second-order valence-electron chi connectivity index (χ2n) is 6.27. The molecule has 1 aliphatic heterocycles. The van der Waals surface area contributed by atoms with Crippen LogP contribution in [0.3, 0.4) is 0 Å². The third kappa shape index (κ3) is 3.24. The van der Waals surface area contributed by atoms with Gasteiger partial charge in [-0.2, -0.15) is 13.2 Å². The molecule has 2 fully saturated rings. The van der Waals surface area contributed by atoms with Gasteiger partial charge in [0.15, 0.2) is 0 Å². The van der Waals surface area contributed by atoms with Gasteiger partial charge in [0.1, 0.15) is 0 Å². The molecule has 1 saturated carbocycles. The zero-order chi connectivity index (χ0) is 14.9. The standard InChI is InChI=1S/C16H21F3N2/c17-16(18,19)12-21-10-14(13-6-2-1-3-7-13)20-11-15(21)8-4-5-9-15/h1-3,6-7,14,20H,4-5,8-12H2. The molecule has 1 atom stereocenters. The minimum atomic E-state index is -4.13. The van der Waals surface area contributed by atoms with Crippen molar-refractivity contribution >= 4 is 0 Å². The van der Waals surface area contributed by atoms with Crippen LogP contribution >= 0.6 is 0 Å². The quantitative estimate of drug-likeness (QED) is 0.899. The van der Waals surface area contributed by atoms with E-state index in [2.05, 4.69) is 5.32 Å². The Morgan fingerprint density at radius 1 is 1.14 bits per heavy atom. The number of piperazine rings is 1. The first kappa shape index (κ1) is 14.9. The van der Waals surface area contributed by atoms with E-state index < -0.39 is 12.7 Å². The summed E-state index contributed by atoms with van der Waals surface area (Å²) >= 11 is 0. The molecular weight excluding hydrogens is 277 g/mol. The van der Waals surface area contributed by atoms with Crippen molar-refractivity contribution in [2.75, 3.05) is 19.6 Å². The molecule has 1 spiro atoms. The average Bonchev–Trinajstić information content (AvgIpc) is 2.91. The largest absolute Gasteiger partial charge is 0.401 e. The third-order valence-corrected chi connectivity index (χ3v) is 4.86. The van der Waals surface area contributed by atoms with Crippen molar-refractivity contribution in [2.45, 2.75) is 43.4 Å². The first-order valence-corrected chi connectivity index (χ1v) is 7.59. The fourth-order valence-electron chi connectivity index (χ4n) is 3.79. The maximum atomic E-state index is 12.9. The Bertz CT molecular complexity index is 466. The smallest absolute Gasteiger partial charge is 0.307 e. The van der Waals surface area contributed by atoms with Crippen molar-refractivity contribution in [2.24, 2.45) is 0 Å². The Hall–Kier alpha value is -1.07. The number of rotatable bonds is 2. The van der Waals surface area contributed by atoms with E-state index >= 15 is 0 Å². The van der Waals surface area contributed by atoms with Crippen LogP contribution in [0.5, 0.6) is 0 Å². The lowest BCUT2D eigenvalue weighted by Crippen LogP contribution is -2.62. The van der Waals surface area contributed by atoms with Crippen LogP contribution in [-0.2, 0) is 0 Å². The molecule has 1 heterocycles. The summed E-state index contributed by atoms with van der Waals surface area (Å²) in [6.45, 7) is 0.296. The minimum Gasteiger partial charge on any atom is -0.307 e. The number of hydrogen-bond donors (Lipinski definition) is 1. The number of nitrogens with zero attached hydrogens (tertiary/aromatic N) is 1. The van der Waals surface area contributed by atoms with Crippen molar-refractivity contribution in [3.63, 3.8) is 0 Å². The molecule has 0 amide bonds. The number of halogens is 3. The molecule has 1 unspecified atom stereocenters. The lowest BCUT2D eigenvalue weighted by Gasteiger charge is -2.48. The van der Waals surface area contributed by atoms with Gasteiger partial charge < -0.3 is 5.32 Å². The van der Waals surface area contributed by atoms with Crippen LogP contribution in [-0.4, -0.2) is 36.2 Å². The molecule has 0 radical (unpaired) electrons. The molecule has 5 heteroatoms. The van der Waals surface area contributed by atoms with Crippen LogP contribution < -0.4 is 5.32 Å². The van der Waals surface area contributed by atoms with E-state index in [-0.39, 0.29) is 11.6 Å². The van der Waals surface area contributed by atoms with Gasteiger partial charge >= 0.3 is 6.18 Å². The molecule has 116 valence electrons. The Kier molecular flexibility index (Phi) is 3.97. The van der Waals surface area contributed by atoms with E-state index in [0.29, 0.717) is 13.1 Å². The van der Waals surface area contributed by atoms with Gasteiger partial charge in [0.2, 0.25) is 0 Å². The second-order valence-corrected chi connectivity index (χ2v) is 6.27. The summed E-state index contributed by atoms with van der Waals surface area (Å²) in [5.74, 6) is 0. The number of benzene rings is 1. The molecule has 1 aliphatic carbocycles. The predicted molar refractivity (Wildman–Crippen MR) is 76.0 cm³/mol. The van der Waals surface area contributed by atoms with Gasteiger partial charge in [-0.1, -0.05) is 43.2 Å². The highest BCUT2D eigenvalue weighted by Gasteiger charge is 2.47. The zero-order valence-electron chi connectivity index (χ0n) is 12.0. The van der Waals surface area contributed by atoms with Gasteiger partial charge in [-0.25, -0.2) is 0 Å². The molecule has 21 heavy (non-hydrogen) atoms. The summed E-state index contributed by atoms with van der Waals surface area (Å²) < 4.78 is 38.8. The van der Waals surface area contributed by atoms with E-state index in [9.17, 15) is 13.2 Å². The monoisotopic (exact) mass is 298 g/mol. The summed E-state index contributed by atoms with van der Waals surface area (Å²) in [4.78, 5) is 1.69. The van der Waals surface area contributed by atoms with Gasteiger partial charge in [0.05, 0.1) is 6.54 Å². The van der Waals surface area contributed by atoms with Gasteiger partial charge in [-0.3, -0.25) is 4.90 Å². The molecular formula is C16H21F3N2. The average molecular weight is 298 g/mol. The first-order chi connectivity index (χ1) is 9.99. The minimum absolute atomic E-state index is 0.0141. The van der Waals surface area contributed by atoms with Crippen LogP contribution in [0.25, 0.3) is 0 Å². The third-order valence-electron chi connectivity index (χ3n) is 4.86. The number of nitrogens with one attached hydrogen (secondary N) is 1. The predicted octanol–water partition coefficient (Wildman–Crippen LogP) is 3.51. The first-order valence-electron chi connectivity index (χ1n) is 7.59. The van der Waals surface area contributed by atoms with Crippen LogP contribution in [0, 0.1) is 0 Å². The van der Waals surface area contributed by atoms with Crippen molar-refractivity contribution in [3.8, 4) is 0 Å². The fourth-order valence-corrected chi connectivity index (χ4v) is 3.79. The van der Waals surface area contributed by atoms with Gasteiger partial charge in [0, 0.05) is 24.7 Å². The van der Waals surface area contributed by atoms with Gasteiger partial charge in [-0.05, 0) is 18.4 Å². The fraction of sp³-hybridized carbons (Fsp3) is 0.625. The molecule has 0 bridgehead atoms. The molecule has 3 rings (SSSR count). The summed E-state index contributed by atoms with van der Waals surface area (Å²) in [7, 11) is 0. The molecule has 1 N–H and O–H groups in total. The lowest BCUT2D eigenvalue weighted by molar-refractivity contribution is -0.164. The molecule has 2 aliphatic rings. The summed E-state index contributed by atoms with van der Waals surface area (Å²) in [5.41, 5.74) is 0.776. The van der Waals surface area contributed by atoms with Crippen LogP contribution in [0.4, 0.5) is 13.2 Å². The topological polar surface area (TPSA) is 15.3 Å². The molecule has 1 saturated heterocycles. The maximum Gasteiger partial charge on any atom is 0.401 e. The summed E-state index contributed by atoms with van der Waals surface area (Å²) in [6, 6.07) is 9.75. The van der Waals surface area contributed by atoms with E-state index in [1.165, 1.54) is 0 Å². The van der Waals surface area contributed by atoms with Crippen LogP contribution in [0.1, 0.15) is 37.3 Å². The zero-order valence-corrected chi connectivity index (χ0v) is 12.0. The highest BCUT2D eigenvalue weighted by molar-refractivity contribution is 5.21. The highest BCUT2D eigenvalue weighted by atomic mass is 19.4. The van der Waals surface area contributed by atoms with Crippen molar-refractivity contribution in [1.82, 2.24) is 10.2 Å². The SMILES string of the molecule is FC(F)(F)CN1CC(c2ccccc2)NCC12CCCC2. The van der Waals surface area contributed by atoms with E-state index in [1.54, 1.807) is 4.90 Å². The van der Waals surface area contributed by atoms with E-state index in [0.717, 1.165) is 31.2 Å². The second kappa shape index (κ2) is 5.61. The van der Waals surface area contributed by atoms with E-state index in [1.807, 2.05) is 30.3 Å². The Morgan fingerprint density at radius 3 is 2.43 bits per heavy atom. The number of alkyl halides is 3. The number of hydrogen-bond acceptors (Lipinski definition) is 2. The summed E-state index contributed by atoms with van der Waals surface area (Å²) in [5, 5.41) is 3.47. The van der Waals surface area contributed by atoms with Crippen LogP contribution in [0.2, 0.25) is 0 Å². The van der Waals surface area contributed by atoms with Crippen LogP contribution in [0.15, 0.2) is 30.3 Å². The van der Waals surface area contributed by atoms with Crippen molar-refractivity contribution in [3.05, 3.63) is 35.9 Å². The molecule has 2 nitrogen and oxygen atoms in total. The Labute approximate surface area is 123 Å².